The van der Waals surface area contributed by atoms with Gasteiger partial charge in [0.25, 0.3) is 0 Å². The molecule has 4 aliphatic rings. The third-order valence-corrected chi connectivity index (χ3v) is 18.5. The van der Waals surface area contributed by atoms with Gasteiger partial charge in [-0.3, -0.25) is 0 Å². The number of fused-ring (bicyclic) bond motifs is 4. The standard InChI is InChI=1S/C91H64O17/c1-87(2,3)108-86(95)62-52-74(82-78(56-62)103-91(107-82,69-45-27-11-28-46-69)70-47-29-12-30-48-70)99-85(94)61-51-73(81-77(55-61)102-90(106-81,67-41-23-9-24-42-67)68-43-25-10-26-44-68)98-84(93)60-50-72(80-76(54-60)101-89(105-80,65-37-19-7-20-38-65)66-39-21-8-22-40-66)97-83(92)59-49-71(96-57-58-31-13-4-14-32-58)79-75(53-59)100-88(104-79,63-33-15-5-16-34-63)64-35-17-6-18-36-64/h4-56H,57H2,1-3H3. The Balaban J connectivity index is 0.780. The second-order valence-electron chi connectivity index (χ2n) is 26.9. The summed E-state index contributed by atoms with van der Waals surface area (Å²) < 4.78 is 87.6. The Kier molecular flexibility index (Phi) is 16.9. The van der Waals surface area contributed by atoms with E-state index in [1.54, 1.807) is 20.8 Å². The number of hydrogen-bond acceptors (Lipinski definition) is 17. The second-order valence-corrected chi connectivity index (χ2v) is 26.9. The van der Waals surface area contributed by atoms with Crippen molar-refractivity contribution in [2.24, 2.45) is 0 Å². The van der Waals surface area contributed by atoms with Gasteiger partial charge in [-0.1, -0.05) is 273 Å². The molecular formula is C91H64O17. The van der Waals surface area contributed by atoms with Crippen LogP contribution < -0.4 is 56.8 Å². The molecule has 13 aromatic rings. The minimum atomic E-state index is -1.75. The summed E-state index contributed by atoms with van der Waals surface area (Å²) in [5.41, 5.74) is 4.05. The van der Waals surface area contributed by atoms with Crippen LogP contribution in [-0.2, 0) is 34.5 Å². The van der Waals surface area contributed by atoms with E-state index >= 15 is 14.4 Å². The van der Waals surface area contributed by atoms with Crippen LogP contribution in [0.2, 0.25) is 0 Å². The van der Waals surface area contributed by atoms with Gasteiger partial charge in [0.2, 0.25) is 23.0 Å². The zero-order valence-corrected chi connectivity index (χ0v) is 58.2. The number of ether oxygens (including phenoxy) is 13. The quantitative estimate of drug-likeness (QED) is 0.0582. The van der Waals surface area contributed by atoms with Crippen LogP contribution >= 0.6 is 0 Å². The predicted molar refractivity (Wildman–Crippen MR) is 396 cm³/mol. The lowest BCUT2D eigenvalue weighted by Gasteiger charge is -2.28. The summed E-state index contributed by atoms with van der Waals surface area (Å²) in [5.74, 6) is -10.8. The maximum Gasteiger partial charge on any atom is 0.343 e. The predicted octanol–water partition coefficient (Wildman–Crippen LogP) is 18.6. The number of rotatable bonds is 18. The molecule has 0 unspecified atom stereocenters. The Morgan fingerprint density at radius 2 is 0.481 bits per heavy atom. The van der Waals surface area contributed by atoms with Crippen LogP contribution in [0.1, 0.15) is 112 Å². The minimum absolute atomic E-state index is 0.0192. The van der Waals surface area contributed by atoms with Gasteiger partial charge < -0.3 is 61.6 Å². The maximum absolute atomic E-state index is 15.8. The fourth-order valence-electron chi connectivity index (χ4n) is 13.5. The van der Waals surface area contributed by atoms with Crippen LogP contribution in [0.4, 0.5) is 0 Å². The van der Waals surface area contributed by atoms with E-state index in [0.717, 1.165) is 5.56 Å². The summed E-state index contributed by atoms with van der Waals surface area (Å²) in [5, 5.41) is 0. The number of hydrogen-bond donors (Lipinski definition) is 0. The van der Waals surface area contributed by atoms with Crippen LogP contribution in [0.15, 0.2) is 322 Å². The Hall–Kier alpha value is -14.1. The molecule has 0 radical (unpaired) electrons. The zero-order valence-electron chi connectivity index (χ0n) is 58.2. The van der Waals surface area contributed by atoms with Crippen LogP contribution in [0, 0.1) is 0 Å². The number of esters is 4. The molecule has 0 bridgehead atoms. The molecule has 0 amide bonds. The summed E-state index contributed by atoms with van der Waals surface area (Å²) in [6.45, 7) is 5.27. The molecule has 0 saturated heterocycles. The van der Waals surface area contributed by atoms with Gasteiger partial charge >= 0.3 is 47.0 Å². The summed E-state index contributed by atoms with van der Waals surface area (Å²) in [6, 6.07) is 94.5. The van der Waals surface area contributed by atoms with Crippen LogP contribution in [0.5, 0.6) is 69.0 Å². The molecule has 0 fully saturated rings. The fraction of sp³-hybridized carbons (Fsp3) is 0.0989. The van der Waals surface area contributed by atoms with Crippen molar-refractivity contribution < 1.29 is 80.8 Å². The molecule has 0 spiro atoms. The van der Waals surface area contributed by atoms with Crippen molar-refractivity contribution in [2.75, 3.05) is 0 Å². The average Bonchev–Trinajstić information content (AvgIpc) is 1.60. The first-order chi connectivity index (χ1) is 52.6. The van der Waals surface area contributed by atoms with E-state index in [9.17, 15) is 4.79 Å². The van der Waals surface area contributed by atoms with Crippen molar-refractivity contribution in [3.63, 3.8) is 0 Å². The lowest BCUT2D eigenvalue weighted by Crippen LogP contribution is -2.36. The molecule has 530 valence electrons. The van der Waals surface area contributed by atoms with Gasteiger partial charge in [-0.05, 0) is 74.9 Å². The Bertz CT molecular complexity index is 5410. The monoisotopic (exact) mass is 1430 g/mol. The molecular weight excluding hydrogens is 1360 g/mol. The van der Waals surface area contributed by atoms with Gasteiger partial charge in [0.15, 0.2) is 46.0 Å². The van der Waals surface area contributed by atoms with Gasteiger partial charge in [0.05, 0.1) is 22.3 Å². The van der Waals surface area contributed by atoms with Gasteiger partial charge in [0, 0.05) is 44.5 Å². The van der Waals surface area contributed by atoms with Gasteiger partial charge in [-0.25, -0.2) is 19.2 Å². The van der Waals surface area contributed by atoms with Crippen molar-refractivity contribution in [3.8, 4) is 69.0 Å². The smallest absolute Gasteiger partial charge is 0.343 e. The summed E-state index contributed by atoms with van der Waals surface area (Å²) in [4.78, 5) is 60.9. The first kappa shape index (κ1) is 67.1. The number of carbonyl (C=O) groups is 4. The van der Waals surface area contributed by atoms with Crippen LogP contribution in [0.3, 0.4) is 0 Å². The molecule has 4 aliphatic heterocycles. The highest BCUT2D eigenvalue weighted by Gasteiger charge is 2.52. The molecule has 13 aromatic carbocycles. The highest BCUT2D eigenvalue weighted by Crippen LogP contribution is 2.58. The lowest BCUT2D eigenvalue weighted by molar-refractivity contribution is -0.0471. The summed E-state index contributed by atoms with van der Waals surface area (Å²) >= 11 is 0. The van der Waals surface area contributed by atoms with Gasteiger partial charge in [0.1, 0.15) is 12.2 Å². The largest absolute Gasteiger partial charge is 0.485 e. The van der Waals surface area contributed by atoms with E-state index in [1.807, 2.05) is 273 Å². The fourth-order valence-corrected chi connectivity index (χ4v) is 13.5. The Morgan fingerprint density at radius 1 is 0.269 bits per heavy atom. The molecule has 4 heterocycles. The van der Waals surface area contributed by atoms with E-state index in [2.05, 4.69) is 0 Å². The highest BCUT2D eigenvalue weighted by molar-refractivity contribution is 5.98. The summed E-state index contributed by atoms with van der Waals surface area (Å²) in [6.07, 6.45) is 0. The van der Waals surface area contributed by atoms with Crippen molar-refractivity contribution in [1.82, 2.24) is 0 Å². The molecule has 108 heavy (non-hydrogen) atoms. The average molecular weight is 1430 g/mol. The molecule has 0 N–H and O–H groups in total. The lowest BCUT2D eigenvalue weighted by atomic mass is 9.97. The van der Waals surface area contributed by atoms with Crippen LogP contribution in [-0.4, -0.2) is 29.5 Å². The minimum Gasteiger partial charge on any atom is -0.485 e. The third kappa shape index (κ3) is 12.4. The molecule has 0 saturated carbocycles. The third-order valence-electron chi connectivity index (χ3n) is 18.5. The van der Waals surface area contributed by atoms with Gasteiger partial charge in [-0.15, -0.1) is 0 Å². The van der Waals surface area contributed by atoms with Crippen molar-refractivity contribution in [1.29, 1.82) is 0 Å². The Labute approximate surface area is 620 Å². The molecule has 17 rings (SSSR count). The molecule has 0 aliphatic carbocycles. The Morgan fingerprint density at radius 3 is 0.722 bits per heavy atom. The van der Waals surface area contributed by atoms with E-state index < -0.39 is 52.6 Å². The maximum atomic E-state index is 15.8. The molecule has 0 aromatic heterocycles. The number of benzene rings is 13. The van der Waals surface area contributed by atoms with E-state index in [0.29, 0.717) is 44.5 Å². The molecule has 17 nitrogen and oxygen atoms in total. The van der Waals surface area contributed by atoms with Crippen molar-refractivity contribution in [3.05, 3.63) is 394 Å². The molecule has 0 atom stereocenters. The normalized spacial score (nSPS) is 14.6. The second kappa shape index (κ2) is 27.2. The van der Waals surface area contributed by atoms with Crippen molar-refractivity contribution in [2.45, 2.75) is 56.1 Å². The summed E-state index contributed by atoms with van der Waals surface area (Å²) in [7, 11) is 0. The first-order valence-electron chi connectivity index (χ1n) is 34.9. The van der Waals surface area contributed by atoms with Crippen LogP contribution in [0.25, 0.3) is 0 Å². The zero-order chi connectivity index (χ0) is 73.6. The van der Waals surface area contributed by atoms with Crippen molar-refractivity contribution >= 4 is 23.9 Å². The number of carbonyl (C=O) groups excluding carboxylic acids is 4. The van der Waals surface area contributed by atoms with E-state index in [1.165, 1.54) is 48.5 Å². The SMILES string of the molecule is CC(C)(C)OC(=O)c1cc(OC(=O)c2cc(OC(=O)c3cc(OC(=O)c4cc(OCc5ccccc5)c5c(c4)OC(c4ccccc4)(c4ccccc4)O5)c4c(c3)OC(c3ccccc3)(c3ccccc3)O4)c3c(c2)OC(c2ccccc2)(c2ccccc2)O3)c2c(c1)OC(c1ccccc1)(c1ccccc1)O2. The highest BCUT2D eigenvalue weighted by atomic mass is 16.8. The topological polar surface area (TPSA) is 188 Å². The molecule has 17 heteroatoms. The van der Waals surface area contributed by atoms with E-state index in [4.69, 9.17) is 61.6 Å². The van der Waals surface area contributed by atoms with E-state index in [-0.39, 0.29) is 97.9 Å². The van der Waals surface area contributed by atoms with Gasteiger partial charge in [-0.2, -0.15) is 0 Å². The first-order valence-corrected chi connectivity index (χ1v) is 34.9.